The van der Waals surface area contributed by atoms with Gasteiger partial charge >= 0.3 is 5.97 Å². The molecule has 0 aliphatic heterocycles. The van der Waals surface area contributed by atoms with Crippen molar-refractivity contribution in [2.45, 2.75) is 71.3 Å². The highest BCUT2D eigenvalue weighted by molar-refractivity contribution is 5.96. The lowest BCUT2D eigenvalue weighted by Gasteiger charge is -2.36. The average molecular weight is 386 g/mol. The number of esters is 1. The molecule has 5 heteroatoms. The van der Waals surface area contributed by atoms with E-state index in [1.165, 1.54) is 0 Å². The zero-order valence-corrected chi connectivity index (χ0v) is 17.1. The third-order valence-corrected chi connectivity index (χ3v) is 6.41. The van der Waals surface area contributed by atoms with Crippen LogP contribution in [0.25, 0.3) is 0 Å². The quantitative estimate of drug-likeness (QED) is 0.734. The van der Waals surface area contributed by atoms with Crippen molar-refractivity contribution in [1.82, 2.24) is 0 Å². The molecule has 1 aromatic rings. The maximum atomic E-state index is 12.6. The van der Waals surface area contributed by atoms with Gasteiger partial charge in [0, 0.05) is 17.5 Å². The van der Waals surface area contributed by atoms with Crippen LogP contribution in [-0.4, -0.2) is 23.8 Å². The molecule has 1 amide bonds. The highest BCUT2D eigenvalue weighted by atomic mass is 16.5. The molecule has 1 aromatic carbocycles. The summed E-state index contributed by atoms with van der Waals surface area (Å²) in [6.45, 7) is 5.83. The third-order valence-electron chi connectivity index (χ3n) is 6.41. The molecule has 2 saturated carbocycles. The van der Waals surface area contributed by atoms with Crippen molar-refractivity contribution < 1.29 is 19.1 Å². The van der Waals surface area contributed by atoms with Gasteiger partial charge in [-0.15, -0.1) is 0 Å². The molecule has 0 heterocycles. The average Bonchev–Trinajstić information content (AvgIpc) is 2.67. The number of carbonyl (C=O) groups excluding carboxylic acids is 3. The number of carbonyl (C=O) groups is 3. The number of hydrogen-bond donors (Lipinski definition) is 1. The van der Waals surface area contributed by atoms with Crippen LogP contribution < -0.4 is 5.32 Å². The van der Waals surface area contributed by atoms with E-state index in [1.807, 2.05) is 24.3 Å². The number of ketones is 1. The summed E-state index contributed by atoms with van der Waals surface area (Å²) in [7, 11) is 0. The number of para-hydroxylation sites is 1. The summed E-state index contributed by atoms with van der Waals surface area (Å²) < 4.78 is 5.49. The van der Waals surface area contributed by atoms with Crippen LogP contribution in [0.3, 0.4) is 0 Å². The van der Waals surface area contributed by atoms with E-state index in [-0.39, 0.29) is 29.6 Å². The maximum Gasteiger partial charge on any atom is 0.309 e. The van der Waals surface area contributed by atoms with Crippen molar-refractivity contribution in [3.05, 3.63) is 29.8 Å². The molecule has 0 radical (unpaired) electrons. The molecule has 4 unspecified atom stereocenters. The van der Waals surface area contributed by atoms with Crippen molar-refractivity contribution in [2.75, 3.05) is 5.32 Å². The number of benzene rings is 1. The lowest BCUT2D eigenvalue weighted by atomic mass is 9.67. The second kappa shape index (κ2) is 8.89. The first-order chi connectivity index (χ1) is 13.4. The lowest BCUT2D eigenvalue weighted by Crippen LogP contribution is -2.41. The molecule has 2 aliphatic carbocycles. The molecule has 3 rings (SSSR count). The van der Waals surface area contributed by atoms with Crippen molar-refractivity contribution >= 4 is 23.3 Å². The number of fused-ring (bicyclic) bond motifs is 2. The fourth-order valence-electron chi connectivity index (χ4n) is 4.49. The zero-order valence-electron chi connectivity index (χ0n) is 17.1. The van der Waals surface area contributed by atoms with Crippen LogP contribution in [0.5, 0.6) is 0 Å². The fraction of sp³-hybridized carbons (Fsp3) is 0.609. The Labute approximate surface area is 167 Å². The third kappa shape index (κ3) is 4.45. The molecule has 28 heavy (non-hydrogen) atoms. The molecule has 0 saturated heterocycles. The van der Waals surface area contributed by atoms with E-state index in [0.29, 0.717) is 24.5 Å². The Balaban J connectivity index is 1.59. The van der Waals surface area contributed by atoms with Gasteiger partial charge in [0.25, 0.3) is 5.91 Å². The lowest BCUT2D eigenvalue weighted by molar-refractivity contribution is -0.161. The Morgan fingerprint density at radius 2 is 1.79 bits per heavy atom. The number of ether oxygens (including phenoxy) is 1. The zero-order chi connectivity index (χ0) is 20.3. The number of nitrogens with one attached hydrogen (secondary N) is 1. The number of anilines is 1. The van der Waals surface area contributed by atoms with E-state index in [1.54, 1.807) is 6.92 Å². The Morgan fingerprint density at radius 1 is 1.14 bits per heavy atom. The van der Waals surface area contributed by atoms with Gasteiger partial charge in [-0.25, -0.2) is 0 Å². The fourth-order valence-corrected chi connectivity index (χ4v) is 4.49. The van der Waals surface area contributed by atoms with Crippen LogP contribution >= 0.6 is 0 Å². The second-order valence-corrected chi connectivity index (χ2v) is 8.36. The molecule has 5 nitrogen and oxygen atoms in total. The summed E-state index contributed by atoms with van der Waals surface area (Å²) in [5, 5.41) is 2.91. The normalized spacial score (nSPS) is 26.2. The minimum atomic E-state index is -0.866. The van der Waals surface area contributed by atoms with Gasteiger partial charge in [0.2, 0.25) is 0 Å². The van der Waals surface area contributed by atoms with Gasteiger partial charge < -0.3 is 10.1 Å². The molecule has 152 valence electrons. The molecular weight excluding hydrogens is 354 g/mol. The molecule has 4 atom stereocenters. The van der Waals surface area contributed by atoms with Gasteiger partial charge in [0.05, 0.1) is 5.92 Å². The van der Waals surface area contributed by atoms with E-state index < -0.39 is 6.10 Å². The monoisotopic (exact) mass is 385 g/mol. The first-order valence-electron chi connectivity index (χ1n) is 10.5. The number of amides is 1. The van der Waals surface area contributed by atoms with Gasteiger partial charge in [-0.1, -0.05) is 38.5 Å². The van der Waals surface area contributed by atoms with E-state index in [2.05, 4.69) is 19.2 Å². The SMILES string of the molecule is CCC(C)c1ccccc1NC(=O)C(C)OC(=O)C1CC2CCCC(C1)C2=O. The molecule has 1 N–H and O–H groups in total. The summed E-state index contributed by atoms with van der Waals surface area (Å²) in [5.41, 5.74) is 1.85. The smallest absolute Gasteiger partial charge is 0.309 e. The van der Waals surface area contributed by atoms with Gasteiger partial charge in [-0.05, 0) is 56.6 Å². The van der Waals surface area contributed by atoms with Crippen molar-refractivity contribution in [3.63, 3.8) is 0 Å². The highest BCUT2D eigenvalue weighted by Crippen LogP contribution is 2.40. The van der Waals surface area contributed by atoms with Crippen LogP contribution in [0.15, 0.2) is 24.3 Å². The second-order valence-electron chi connectivity index (χ2n) is 8.36. The van der Waals surface area contributed by atoms with Crippen molar-refractivity contribution in [1.29, 1.82) is 0 Å². The first-order valence-corrected chi connectivity index (χ1v) is 10.5. The van der Waals surface area contributed by atoms with E-state index in [4.69, 9.17) is 4.74 Å². The van der Waals surface area contributed by atoms with Gasteiger partial charge in [-0.2, -0.15) is 0 Å². The van der Waals surface area contributed by atoms with Crippen molar-refractivity contribution in [2.24, 2.45) is 17.8 Å². The summed E-state index contributed by atoms with van der Waals surface area (Å²) >= 11 is 0. The Morgan fingerprint density at radius 3 is 2.43 bits per heavy atom. The topological polar surface area (TPSA) is 72.5 Å². The summed E-state index contributed by atoms with van der Waals surface area (Å²) in [4.78, 5) is 37.4. The molecule has 0 spiro atoms. The summed E-state index contributed by atoms with van der Waals surface area (Å²) in [6, 6.07) is 7.73. The number of Topliss-reactive ketones (excluding diaryl/α,β-unsaturated/α-hetero) is 1. The first kappa shape index (κ1) is 20.6. The van der Waals surface area contributed by atoms with Gasteiger partial charge in [0.1, 0.15) is 5.78 Å². The minimum absolute atomic E-state index is 0.00316. The molecule has 2 fully saturated rings. The Hall–Kier alpha value is -2.17. The molecular formula is C23H31NO4. The van der Waals surface area contributed by atoms with Crippen LogP contribution in [0.2, 0.25) is 0 Å². The van der Waals surface area contributed by atoms with Gasteiger partial charge in [0.15, 0.2) is 6.10 Å². The maximum absolute atomic E-state index is 12.6. The molecule has 2 aliphatic rings. The van der Waals surface area contributed by atoms with E-state index in [9.17, 15) is 14.4 Å². The van der Waals surface area contributed by atoms with E-state index in [0.717, 1.165) is 36.9 Å². The summed E-state index contributed by atoms with van der Waals surface area (Å²) in [5.74, 6) is -0.293. The summed E-state index contributed by atoms with van der Waals surface area (Å²) in [6.07, 6.45) is 4.06. The van der Waals surface area contributed by atoms with Crippen LogP contribution in [0.1, 0.15) is 70.8 Å². The highest BCUT2D eigenvalue weighted by Gasteiger charge is 2.42. The van der Waals surface area contributed by atoms with E-state index >= 15 is 0 Å². The largest absolute Gasteiger partial charge is 0.452 e. The number of hydrogen-bond acceptors (Lipinski definition) is 4. The minimum Gasteiger partial charge on any atom is -0.452 e. The van der Waals surface area contributed by atoms with Crippen LogP contribution in [0, 0.1) is 17.8 Å². The predicted octanol–water partition coefficient (Wildman–Crippen LogP) is 4.47. The standard InChI is InChI=1S/C23H31NO4/c1-4-14(2)19-10-5-6-11-20(19)24-22(26)15(3)28-23(27)18-12-16-8-7-9-17(13-18)21(16)25/h5-6,10-11,14-18H,4,7-9,12-13H2,1-3H3,(H,24,26). The Kier molecular flexibility index (Phi) is 6.53. The predicted molar refractivity (Wildman–Crippen MR) is 108 cm³/mol. The van der Waals surface area contributed by atoms with Crippen LogP contribution in [0.4, 0.5) is 5.69 Å². The van der Waals surface area contributed by atoms with Crippen molar-refractivity contribution in [3.8, 4) is 0 Å². The molecule has 0 aromatic heterocycles. The Bertz CT molecular complexity index is 728. The van der Waals surface area contributed by atoms with Crippen LogP contribution in [-0.2, 0) is 19.1 Å². The number of rotatable bonds is 6. The van der Waals surface area contributed by atoms with Gasteiger partial charge in [-0.3, -0.25) is 14.4 Å². The molecule has 2 bridgehead atoms.